The molecule has 0 fully saturated rings. The average molecular weight is 387 g/mol. The molecule has 0 aromatic rings. The summed E-state index contributed by atoms with van der Waals surface area (Å²) in [5, 5.41) is 0. The molecule has 0 saturated heterocycles. The second-order valence-corrected chi connectivity index (χ2v) is 6.25. The molecular formula is C16H36Na2O5S. The standard InChI is InChI=1S/C12H26O4S.C4H10O.2Na.H/c1-2-3-4-5-6-7-8-9-10-11-12-16-17(13,14)15;1-3-5-4-2;;;/h2-12H2,1H3,(H,13,14,15);3-4H2,1-2H3;;;/q;;;+1;/p-1. The zero-order chi connectivity index (χ0) is 17.1. The third-order valence-corrected chi connectivity index (χ3v) is 3.59. The van der Waals surface area contributed by atoms with Crippen molar-refractivity contribution in [3.63, 3.8) is 0 Å². The molecule has 0 unspecified atom stereocenters. The van der Waals surface area contributed by atoms with Gasteiger partial charge in [0.25, 0.3) is 0 Å². The molecule has 0 bridgehead atoms. The molecule has 8 heteroatoms. The van der Waals surface area contributed by atoms with Gasteiger partial charge in [-0.25, -0.2) is 8.42 Å². The van der Waals surface area contributed by atoms with Gasteiger partial charge in [0.15, 0.2) is 0 Å². The molecule has 5 nitrogen and oxygen atoms in total. The van der Waals surface area contributed by atoms with E-state index < -0.39 is 10.4 Å². The van der Waals surface area contributed by atoms with Gasteiger partial charge in [0, 0.05) is 13.2 Å². The van der Waals surface area contributed by atoms with Gasteiger partial charge in [-0.05, 0) is 20.3 Å². The van der Waals surface area contributed by atoms with Gasteiger partial charge in [-0.1, -0.05) is 64.7 Å². The summed E-state index contributed by atoms with van der Waals surface area (Å²) < 4.78 is 39.3. The number of hydrogen-bond donors (Lipinski definition) is 0. The number of rotatable bonds is 14. The molecule has 0 N–H and O–H groups in total. The zero-order valence-corrected chi connectivity index (χ0v) is 18.5. The molecule has 0 atom stereocenters. The first kappa shape index (κ1) is 33.4. The van der Waals surface area contributed by atoms with Gasteiger partial charge < -0.3 is 9.29 Å². The molecule has 0 saturated carbocycles. The van der Waals surface area contributed by atoms with Crippen LogP contribution < -0.4 is 29.6 Å². The molecule has 0 aliphatic heterocycles. The van der Waals surface area contributed by atoms with Crippen LogP contribution in [0.4, 0.5) is 0 Å². The van der Waals surface area contributed by atoms with Crippen molar-refractivity contribution in [2.75, 3.05) is 19.8 Å². The maximum absolute atomic E-state index is 10.1. The van der Waals surface area contributed by atoms with E-state index in [1.54, 1.807) is 0 Å². The van der Waals surface area contributed by atoms with Crippen LogP contribution in [-0.2, 0) is 19.3 Å². The zero-order valence-electron chi connectivity index (χ0n) is 15.6. The molecule has 0 spiro atoms. The summed E-state index contributed by atoms with van der Waals surface area (Å²) in [4.78, 5) is 0. The molecule has 0 aliphatic carbocycles. The van der Waals surface area contributed by atoms with E-state index in [1.807, 2.05) is 13.8 Å². The van der Waals surface area contributed by atoms with E-state index in [2.05, 4.69) is 11.1 Å². The quantitative estimate of drug-likeness (QED) is 0.191. The van der Waals surface area contributed by atoms with Crippen molar-refractivity contribution in [3.05, 3.63) is 0 Å². The van der Waals surface area contributed by atoms with Crippen molar-refractivity contribution in [1.29, 1.82) is 0 Å². The monoisotopic (exact) mass is 386 g/mol. The average Bonchev–Trinajstić information content (AvgIpc) is 2.45. The van der Waals surface area contributed by atoms with E-state index >= 15 is 0 Å². The SMILES string of the molecule is CCCCCCCCCCCCOS(=O)(=O)[O-].CCOCC.[Na+].[NaH]. The normalized spacial score (nSPS) is 10.2. The molecule has 0 rings (SSSR count). The second kappa shape index (κ2) is 27.1. The van der Waals surface area contributed by atoms with Gasteiger partial charge >= 0.3 is 59.1 Å². The van der Waals surface area contributed by atoms with E-state index in [9.17, 15) is 13.0 Å². The second-order valence-electron chi connectivity index (χ2n) is 5.19. The number of hydrogen-bond acceptors (Lipinski definition) is 5. The molecule has 24 heavy (non-hydrogen) atoms. The molecule has 0 aromatic heterocycles. The molecule has 138 valence electrons. The molecular weight excluding hydrogens is 350 g/mol. The molecule has 0 aliphatic rings. The van der Waals surface area contributed by atoms with Gasteiger partial charge in [-0.15, -0.1) is 0 Å². The van der Waals surface area contributed by atoms with Crippen LogP contribution in [0, 0.1) is 0 Å². The van der Waals surface area contributed by atoms with Crippen LogP contribution >= 0.6 is 0 Å². The van der Waals surface area contributed by atoms with Gasteiger partial charge in [0.05, 0.1) is 6.61 Å². The topological polar surface area (TPSA) is 75.7 Å². The van der Waals surface area contributed by atoms with Crippen molar-refractivity contribution < 1.29 is 51.4 Å². The molecule has 0 radical (unpaired) electrons. The Kier molecular flexibility index (Phi) is 37.7. The van der Waals surface area contributed by atoms with Crippen molar-refractivity contribution in [1.82, 2.24) is 0 Å². The first-order valence-corrected chi connectivity index (χ1v) is 9.99. The van der Waals surface area contributed by atoms with Crippen LogP contribution in [0.3, 0.4) is 0 Å². The van der Waals surface area contributed by atoms with Crippen LogP contribution in [-0.4, -0.2) is 62.3 Å². The van der Waals surface area contributed by atoms with Crippen LogP contribution in [0.2, 0.25) is 0 Å². The van der Waals surface area contributed by atoms with E-state index in [4.69, 9.17) is 4.74 Å². The third kappa shape index (κ3) is 39.1. The summed E-state index contributed by atoms with van der Waals surface area (Å²) in [6, 6.07) is 0. The fraction of sp³-hybridized carbons (Fsp3) is 1.00. The maximum atomic E-state index is 10.1. The fourth-order valence-corrected chi connectivity index (χ4v) is 2.28. The van der Waals surface area contributed by atoms with E-state index in [1.165, 1.54) is 44.9 Å². The van der Waals surface area contributed by atoms with Crippen LogP contribution in [0.15, 0.2) is 0 Å². The summed E-state index contributed by atoms with van der Waals surface area (Å²) in [6.07, 6.45) is 11.7. The Hall–Kier alpha value is 1.83. The predicted octanol–water partition coefficient (Wildman–Crippen LogP) is 0.782. The van der Waals surface area contributed by atoms with Gasteiger partial charge in [-0.3, -0.25) is 4.18 Å². The molecule has 0 heterocycles. The summed E-state index contributed by atoms with van der Waals surface area (Å²) in [7, 11) is -4.48. The molecule has 0 amide bonds. The van der Waals surface area contributed by atoms with Crippen molar-refractivity contribution in [2.45, 2.75) is 85.0 Å². The van der Waals surface area contributed by atoms with Gasteiger partial charge in [-0.2, -0.15) is 0 Å². The van der Waals surface area contributed by atoms with E-state index in [0.717, 1.165) is 26.1 Å². The van der Waals surface area contributed by atoms with Crippen molar-refractivity contribution >= 4 is 40.0 Å². The minimum atomic E-state index is -4.48. The summed E-state index contributed by atoms with van der Waals surface area (Å²) >= 11 is 0. The summed E-state index contributed by atoms with van der Waals surface area (Å²) in [5.74, 6) is 0. The Bertz CT molecular complexity index is 299. The first-order valence-electron chi connectivity index (χ1n) is 8.65. The van der Waals surface area contributed by atoms with Gasteiger partial charge in [0.1, 0.15) is 0 Å². The van der Waals surface area contributed by atoms with Crippen molar-refractivity contribution in [2.24, 2.45) is 0 Å². The molecule has 0 aromatic carbocycles. The fourth-order valence-electron chi connectivity index (χ4n) is 1.95. The van der Waals surface area contributed by atoms with Crippen molar-refractivity contribution in [3.8, 4) is 0 Å². The minimum absolute atomic E-state index is 0. The Morgan fingerprint density at radius 2 is 1.12 bits per heavy atom. The summed E-state index contributed by atoms with van der Waals surface area (Å²) in [5.41, 5.74) is 0. The predicted molar refractivity (Wildman–Crippen MR) is 96.8 cm³/mol. The Morgan fingerprint density at radius 3 is 1.42 bits per heavy atom. The number of ether oxygens (including phenoxy) is 1. The Morgan fingerprint density at radius 1 is 0.750 bits per heavy atom. The summed E-state index contributed by atoms with van der Waals surface area (Å²) in [6.45, 7) is 7.91. The van der Waals surface area contributed by atoms with E-state index in [0.29, 0.717) is 6.42 Å². The number of unbranched alkanes of at least 4 members (excludes halogenated alkanes) is 9. The van der Waals surface area contributed by atoms with Gasteiger partial charge in [0.2, 0.25) is 10.4 Å². The Balaban J connectivity index is -0.000000250. The van der Waals surface area contributed by atoms with E-state index in [-0.39, 0.29) is 65.7 Å². The Labute approximate surface area is 194 Å². The van der Waals surface area contributed by atoms with Crippen LogP contribution in [0.25, 0.3) is 0 Å². The van der Waals surface area contributed by atoms with Crippen LogP contribution in [0.1, 0.15) is 85.0 Å². The van der Waals surface area contributed by atoms with Crippen LogP contribution in [0.5, 0.6) is 0 Å². The third-order valence-electron chi connectivity index (χ3n) is 3.13. The first-order chi connectivity index (χ1) is 10.5.